The minimum Gasteiger partial charge on any atom is -0.372 e. The number of amides is 1. The molecular weight excluding hydrogens is 388 g/mol. The van der Waals surface area contributed by atoms with Crippen LogP contribution in [0.5, 0.6) is 0 Å². The molecule has 0 spiro atoms. The maximum absolute atomic E-state index is 12.7. The summed E-state index contributed by atoms with van der Waals surface area (Å²) in [5, 5.41) is 8.15. The van der Waals surface area contributed by atoms with Crippen LogP contribution in [0, 0.1) is 0 Å². The molecule has 1 aliphatic carbocycles. The van der Waals surface area contributed by atoms with Crippen molar-refractivity contribution in [2.75, 3.05) is 18.1 Å². The Bertz CT molecular complexity index is 1270. The number of anilines is 2. The first-order valence-corrected chi connectivity index (χ1v) is 10.7. The molecule has 0 bridgehead atoms. The number of nitrogens with two attached hydrogens (primary N) is 1. The van der Waals surface area contributed by atoms with Crippen molar-refractivity contribution >= 4 is 39.5 Å². The fraction of sp³-hybridized carbons (Fsp3) is 0.292. The molecule has 4 N–H and O–H groups in total. The van der Waals surface area contributed by atoms with Crippen molar-refractivity contribution in [1.29, 1.82) is 0 Å². The Kier molecular flexibility index (Phi) is 4.94. The fourth-order valence-corrected chi connectivity index (χ4v) is 4.31. The SMILES string of the molecule is CNc1nc(N)nc2cc(CNC(=O)Cc3cn(C4CCC4)c4ccccc34)ccc12. The van der Waals surface area contributed by atoms with Crippen LogP contribution in [0.1, 0.15) is 36.4 Å². The standard InChI is InChI=1S/C24H26N6O/c1-26-23-19-10-9-15(11-20(19)28-24(25)29-23)13-27-22(31)12-16-14-30(17-5-4-6-17)21-8-3-2-7-18(16)21/h2-3,7-11,14,17H,4-6,12-13H2,1H3,(H,27,31)(H3,25,26,28,29). The zero-order valence-electron chi connectivity index (χ0n) is 17.6. The number of benzene rings is 2. The van der Waals surface area contributed by atoms with Crippen LogP contribution >= 0.6 is 0 Å². The van der Waals surface area contributed by atoms with Gasteiger partial charge in [-0.1, -0.05) is 24.3 Å². The van der Waals surface area contributed by atoms with E-state index in [2.05, 4.69) is 49.6 Å². The van der Waals surface area contributed by atoms with E-state index in [1.54, 1.807) is 7.05 Å². The minimum absolute atomic E-state index is 0.00900. The summed E-state index contributed by atoms with van der Waals surface area (Å²) in [6.45, 7) is 0.439. The first-order valence-electron chi connectivity index (χ1n) is 10.7. The van der Waals surface area contributed by atoms with Gasteiger partial charge in [0.25, 0.3) is 0 Å². The minimum atomic E-state index is 0.00900. The quantitative estimate of drug-likeness (QED) is 0.446. The number of nitrogen functional groups attached to an aromatic ring is 1. The Morgan fingerprint density at radius 1 is 1.16 bits per heavy atom. The van der Waals surface area contributed by atoms with E-state index in [1.165, 1.54) is 30.2 Å². The second-order valence-corrected chi connectivity index (χ2v) is 8.15. The molecule has 2 aromatic carbocycles. The molecule has 1 fully saturated rings. The number of fused-ring (bicyclic) bond motifs is 2. The summed E-state index contributed by atoms with van der Waals surface area (Å²) in [5.41, 5.74) is 9.84. The number of rotatable bonds is 6. The number of nitrogens with zero attached hydrogens (tertiary/aromatic N) is 3. The molecule has 1 saturated carbocycles. The van der Waals surface area contributed by atoms with Gasteiger partial charge in [-0.15, -0.1) is 0 Å². The van der Waals surface area contributed by atoms with Crippen LogP contribution in [-0.2, 0) is 17.8 Å². The van der Waals surface area contributed by atoms with Crippen molar-refractivity contribution in [1.82, 2.24) is 19.9 Å². The normalized spacial score (nSPS) is 14.0. The van der Waals surface area contributed by atoms with E-state index in [0.29, 0.717) is 24.8 Å². The summed E-state index contributed by atoms with van der Waals surface area (Å²) in [7, 11) is 1.80. The number of carbonyl (C=O) groups is 1. The highest BCUT2D eigenvalue weighted by atomic mass is 16.1. The third-order valence-corrected chi connectivity index (χ3v) is 6.15. The van der Waals surface area contributed by atoms with Crippen LogP contribution in [0.15, 0.2) is 48.7 Å². The lowest BCUT2D eigenvalue weighted by atomic mass is 9.93. The molecule has 7 heteroatoms. The van der Waals surface area contributed by atoms with Gasteiger partial charge in [-0.3, -0.25) is 4.79 Å². The smallest absolute Gasteiger partial charge is 0.224 e. The molecule has 1 amide bonds. The van der Waals surface area contributed by atoms with Gasteiger partial charge in [0.2, 0.25) is 11.9 Å². The number of hydrogen-bond donors (Lipinski definition) is 3. The van der Waals surface area contributed by atoms with Gasteiger partial charge in [-0.2, -0.15) is 4.98 Å². The van der Waals surface area contributed by atoms with Crippen molar-refractivity contribution in [3.8, 4) is 0 Å². The van der Waals surface area contributed by atoms with Gasteiger partial charge in [-0.05, 0) is 48.6 Å². The van der Waals surface area contributed by atoms with Crippen LogP contribution in [0.3, 0.4) is 0 Å². The van der Waals surface area contributed by atoms with E-state index in [9.17, 15) is 4.79 Å². The summed E-state index contributed by atoms with van der Waals surface area (Å²) in [5.74, 6) is 0.927. The lowest BCUT2D eigenvalue weighted by Gasteiger charge is -2.28. The summed E-state index contributed by atoms with van der Waals surface area (Å²) >= 11 is 0. The molecule has 0 atom stereocenters. The van der Waals surface area contributed by atoms with Crippen LogP contribution in [0.2, 0.25) is 0 Å². The Balaban J connectivity index is 1.31. The van der Waals surface area contributed by atoms with Gasteiger partial charge in [0.1, 0.15) is 5.82 Å². The average molecular weight is 415 g/mol. The van der Waals surface area contributed by atoms with E-state index in [4.69, 9.17) is 5.73 Å². The molecule has 0 saturated heterocycles. The van der Waals surface area contributed by atoms with E-state index >= 15 is 0 Å². The molecule has 0 aliphatic heterocycles. The highest BCUT2D eigenvalue weighted by Crippen LogP contribution is 2.36. The summed E-state index contributed by atoms with van der Waals surface area (Å²) in [6.07, 6.45) is 6.26. The van der Waals surface area contributed by atoms with Crippen LogP contribution in [0.4, 0.5) is 11.8 Å². The first-order chi connectivity index (χ1) is 15.1. The van der Waals surface area contributed by atoms with E-state index in [0.717, 1.165) is 22.0 Å². The van der Waals surface area contributed by atoms with Crippen molar-refractivity contribution in [2.45, 2.75) is 38.3 Å². The van der Waals surface area contributed by atoms with Gasteiger partial charge in [0.05, 0.1) is 11.9 Å². The highest BCUT2D eigenvalue weighted by Gasteiger charge is 2.22. The van der Waals surface area contributed by atoms with E-state index in [1.807, 2.05) is 24.3 Å². The molecule has 2 heterocycles. The third kappa shape index (κ3) is 3.67. The lowest BCUT2D eigenvalue weighted by molar-refractivity contribution is -0.120. The number of para-hydroxylation sites is 1. The number of hydrogen-bond acceptors (Lipinski definition) is 5. The molecule has 158 valence electrons. The predicted octanol–water partition coefficient (Wildman–Crippen LogP) is 3.79. The van der Waals surface area contributed by atoms with E-state index in [-0.39, 0.29) is 11.9 Å². The molecule has 5 rings (SSSR count). The van der Waals surface area contributed by atoms with Gasteiger partial charge >= 0.3 is 0 Å². The molecule has 2 aromatic heterocycles. The Morgan fingerprint density at radius 2 is 2.00 bits per heavy atom. The molecule has 4 aromatic rings. The van der Waals surface area contributed by atoms with Crippen molar-refractivity contribution in [2.24, 2.45) is 0 Å². The maximum Gasteiger partial charge on any atom is 0.224 e. The number of nitrogens with one attached hydrogen (secondary N) is 2. The molecule has 0 unspecified atom stereocenters. The second-order valence-electron chi connectivity index (χ2n) is 8.15. The zero-order chi connectivity index (χ0) is 21.4. The summed E-state index contributed by atoms with van der Waals surface area (Å²) in [6, 6.07) is 14.8. The van der Waals surface area contributed by atoms with Gasteiger partial charge in [0, 0.05) is 42.1 Å². The van der Waals surface area contributed by atoms with Gasteiger partial charge in [-0.25, -0.2) is 4.98 Å². The summed E-state index contributed by atoms with van der Waals surface area (Å²) < 4.78 is 2.36. The zero-order valence-corrected chi connectivity index (χ0v) is 17.6. The monoisotopic (exact) mass is 414 g/mol. The maximum atomic E-state index is 12.7. The first kappa shape index (κ1) is 19.4. The van der Waals surface area contributed by atoms with Crippen molar-refractivity contribution in [3.63, 3.8) is 0 Å². The van der Waals surface area contributed by atoms with Gasteiger partial charge < -0.3 is 20.9 Å². The van der Waals surface area contributed by atoms with Crippen molar-refractivity contribution < 1.29 is 4.79 Å². The number of aromatic nitrogens is 3. The topological polar surface area (TPSA) is 97.9 Å². The van der Waals surface area contributed by atoms with Crippen LogP contribution in [-0.4, -0.2) is 27.5 Å². The van der Waals surface area contributed by atoms with E-state index < -0.39 is 0 Å². The van der Waals surface area contributed by atoms with Crippen LogP contribution < -0.4 is 16.4 Å². The molecule has 1 aliphatic rings. The predicted molar refractivity (Wildman–Crippen MR) is 124 cm³/mol. The Labute approximate surface area is 180 Å². The second kappa shape index (κ2) is 7.91. The highest BCUT2D eigenvalue weighted by molar-refractivity contribution is 5.91. The Morgan fingerprint density at radius 3 is 2.77 bits per heavy atom. The van der Waals surface area contributed by atoms with Crippen LogP contribution in [0.25, 0.3) is 21.8 Å². The Hall–Kier alpha value is -3.61. The fourth-order valence-electron chi connectivity index (χ4n) is 4.31. The number of carbonyl (C=O) groups excluding carboxylic acids is 1. The van der Waals surface area contributed by atoms with Gasteiger partial charge in [0.15, 0.2) is 0 Å². The largest absolute Gasteiger partial charge is 0.372 e. The third-order valence-electron chi connectivity index (χ3n) is 6.15. The molecule has 7 nitrogen and oxygen atoms in total. The molecule has 31 heavy (non-hydrogen) atoms. The average Bonchev–Trinajstić information content (AvgIpc) is 3.08. The molecule has 0 radical (unpaired) electrons. The molecular formula is C24H26N6O. The lowest BCUT2D eigenvalue weighted by Crippen LogP contribution is -2.24. The summed E-state index contributed by atoms with van der Waals surface area (Å²) in [4.78, 5) is 21.3. The van der Waals surface area contributed by atoms with Crippen molar-refractivity contribution in [3.05, 3.63) is 59.8 Å².